The molecule has 0 aromatic heterocycles. The molecule has 0 bridgehead atoms. The van der Waals surface area contributed by atoms with Crippen LogP contribution >= 0.6 is 0 Å². The lowest BCUT2D eigenvalue weighted by molar-refractivity contribution is 0.509. The molecular weight excluding hydrogens is 298 g/mol. The molecule has 0 amide bonds. The summed E-state index contributed by atoms with van der Waals surface area (Å²) in [5.74, 6) is -2.21. The van der Waals surface area contributed by atoms with Gasteiger partial charge in [-0.05, 0) is 42.8 Å². The van der Waals surface area contributed by atoms with E-state index in [-0.39, 0.29) is 10.6 Å². The Labute approximate surface area is 120 Å². The van der Waals surface area contributed by atoms with Gasteiger partial charge in [0.15, 0.2) is 11.6 Å². The minimum absolute atomic E-state index is 0.0660. The van der Waals surface area contributed by atoms with E-state index in [9.17, 15) is 17.2 Å². The smallest absolute Gasteiger partial charge is 0.261 e. The van der Waals surface area contributed by atoms with Crippen molar-refractivity contribution in [2.24, 2.45) is 0 Å². The lowest BCUT2D eigenvalue weighted by Gasteiger charge is -2.09. The largest absolute Gasteiger partial charge is 0.280 e. The van der Waals surface area contributed by atoms with Gasteiger partial charge in [0.25, 0.3) is 10.0 Å². The van der Waals surface area contributed by atoms with Gasteiger partial charge < -0.3 is 0 Å². The van der Waals surface area contributed by atoms with Crippen molar-refractivity contribution in [3.8, 4) is 6.07 Å². The van der Waals surface area contributed by atoms with Crippen molar-refractivity contribution in [2.45, 2.75) is 11.8 Å². The Balaban J connectivity index is 2.36. The molecule has 2 aromatic rings. The fraction of sp³-hybridized carbons (Fsp3) is 0.0714. The molecule has 0 saturated carbocycles. The second-order valence-corrected chi connectivity index (χ2v) is 6.01. The number of hydrogen-bond acceptors (Lipinski definition) is 3. The predicted molar refractivity (Wildman–Crippen MR) is 73.1 cm³/mol. The van der Waals surface area contributed by atoms with Crippen molar-refractivity contribution in [3.63, 3.8) is 0 Å². The predicted octanol–water partition coefficient (Wildman–Crippen LogP) is 2.95. The first-order chi connectivity index (χ1) is 9.83. The SMILES string of the molecule is Cc1cc(S(=O)(=O)Nc2ccc(F)c(F)c2)ccc1C#N. The average Bonchev–Trinajstić information content (AvgIpc) is 2.42. The number of anilines is 1. The van der Waals surface area contributed by atoms with Crippen LogP contribution in [-0.2, 0) is 10.0 Å². The zero-order valence-electron chi connectivity index (χ0n) is 10.9. The molecule has 0 aliphatic rings. The molecule has 0 fully saturated rings. The average molecular weight is 308 g/mol. The van der Waals surface area contributed by atoms with Crippen LogP contribution in [0.2, 0.25) is 0 Å². The third-order valence-corrected chi connectivity index (χ3v) is 4.18. The summed E-state index contributed by atoms with van der Waals surface area (Å²) in [6, 6.07) is 8.62. The van der Waals surface area contributed by atoms with E-state index in [2.05, 4.69) is 4.72 Å². The minimum atomic E-state index is -3.94. The van der Waals surface area contributed by atoms with Gasteiger partial charge in [0.05, 0.1) is 22.2 Å². The van der Waals surface area contributed by atoms with Gasteiger partial charge in [-0.1, -0.05) is 0 Å². The van der Waals surface area contributed by atoms with Gasteiger partial charge in [-0.15, -0.1) is 0 Å². The van der Waals surface area contributed by atoms with E-state index in [4.69, 9.17) is 5.26 Å². The molecule has 21 heavy (non-hydrogen) atoms. The Morgan fingerprint density at radius 3 is 2.38 bits per heavy atom. The highest BCUT2D eigenvalue weighted by Crippen LogP contribution is 2.20. The van der Waals surface area contributed by atoms with Gasteiger partial charge in [0.1, 0.15) is 0 Å². The molecule has 0 aliphatic heterocycles. The summed E-state index contributed by atoms with van der Waals surface area (Å²) in [7, 11) is -3.94. The van der Waals surface area contributed by atoms with Crippen LogP contribution in [0.1, 0.15) is 11.1 Å². The van der Waals surface area contributed by atoms with Crippen molar-refractivity contribution in [2.75, 3.05) is 4.72 Å². The van der Waals surface area contributed by atoms with Gasteiger partial charge in [0.2, 0.25) is 0 Å². The van der Waals surface area contributed by atoms with E-state index in [1.54, 1.807) is 6.92 Å². The standard InChI is InChI=1S/C14H10F2N2O2S/c1-9-6-12(4-2-10(9)8-17)21(19,20)18-11-3-5-13(15)14(16)7-11/h2-7,18H,1H3. The number of sulfonamides is 1. The van der Waals surface area contributed by atoms with Crippen LogP contribution in [0.5, 0.6) is 0 Å². The lowest BCUT2D eigenvalue weighted by Crippen LogP contribution is -2.13. The highest BCUT2D eigenvalue weighted by molar-refractivity contribution is 7.92. The molecule has 2 aromatic carbocycles. The molecule has 0 atom stereocenters. The fourth-order valence-electron chi connectivity index (χ4n) is 1.70. The molecule has 108 valence electrons. The summed E-state index contributed by atoms with van der Waals surface area (Å²) in [6.07, 6.45) is 0. The van der Waals surface area contributed by atoms with Crippen molar-refractivity contribution in [1.82, 2.24) is 0 Å². The van der Waals surface area contributed by atoms with Crippen molar-refractivity contribution in [3.05, 3.63) is 59.2 Å². The lowest BCUT2D eigenvalue weighted by atomic mass is 10.1. The van der Waals surface area contributed by atoms with E-state index in [1.807, 2.05) is 6.07 Å². The first-order valence-corrected chi connectivity index (χ1v) is 7.30. The maximum atomic E-state index is 13.1. The number of nitrogens with one attached hydrogen (secondary N) is 1. The van der Waals surface area contributed by atoms with Gasteiger partial charge in [-0.25, -0.2) is 17.2 Å². The third-order valence-electron chi connectivity index (χ3n) is 2.80. The molecule has 0 heterocycles. The zero-order valence-corrected chi connectivity index (χ0v) is 11.7. The van der Waals surface area contributed by atoms with Crippen molar-refractivity contribution < 1.29 is 17.2 Å². The molecular formula is C14H10F2N2O2S. The Morgan fingerprint density at radius 1 is 1.10 bits per heavy atom. The third kappa shape index (κ3) is 3.17. The van der Waals surface area contributed by atoms with Gasteiger partial charge in [-0.2, -0.15) is 5.26 Å². The quantitative estimate of drug-likeness (QED) is 0.947. The summed E-state index contributed by atoms with van der Waals surface area (Å²) >= 11 is 0. The fourth-order valence-corrected chi connectivity index (χ4v) is 2.84. The number of rotatable bonds is 3. The van der Waals surface area contributed by atoms with Crippen LogP contribution in [0.4, 0.5) is 14.5 Å². The summed E-state index contributed by atoms with van der Waals surface area (Å²) in [5, 5.41) is 8.81. The summed E-state index contributed by atoms with van der Waals surface area (Å²) in [5.41, 5.74) is 0.781. The maximum absolute atomic E-state index is 13.1. The number of nitriles is 1. The summed E-state index contributed by atoms with van der Waals surface area (Å²) in [6.45, 7) is 1.61. The van der Waals surface area contributed by atoms with E-state index >= 15 is 0 Å². The molecule has 0 aliphatic carbocycles. The second-order valence-electron chi connectivity index (χ2n) is 4.32. The second kappa shape index (κ2) is 5.50. The molecule has 0 unspecified atom stereocenters. The number of nitrogens with zero attached hydrogens (tertiary/aromatic N) is 1. The highest BCUT2D eigenvalue weighted by Gasteiger charge is 2.16. The molecule has 0 radical (unpaired) electrons. The van der Waals surface area contributed by atoms with Crippen molar-refractivity contribution >= 4 is 15.7 Å². The zero-order chi connectivity index (χ0) is 15.6. The summed E-state index contributed by atoms with van der Waals surface area (Å²) < 4.78 is 52.3. The number of halogens is 2. The molecule has 0 saturated heterocycles. The Bertz CT molecular complexity index is 843. The number of benzene rings is 2. The Kier molecular flexibility index (Phi) is 3.91. The monoisotopic (exact) mass is 308 g/mol. The van der Waals surface area contributed by atoms with E-state index in [0.29, 0.717) is 11.1 Å². The normalized spacial score (nSPS) is 11.0. The molecule has 2 rings (SSSR count). The van der Waals surface area contributed by atoms with Crippen LogP contribution < -0.4 is 4.72 Å². The van der Waals surface area contributed by atoms with Crippen LogP contribution in [0.25, 0.3) is 0 Å². The first-order valence-electron chi connectivity index (χ1n) is 5.82. The summed E-state index contributed by atoms with van der Waals surface area (Å²) in [4.78, 5) is -0.0660. The highest BCUT2D eigenvalue weighted by atomic mass is 32.2. The minimum Gasteiger partial charge on any atom is -0.280 e. The number of aryl methyl sites for hydroxylation is 1. The maximum Gasteiger partial charge on any atom is 0.261 e. The number of hydrogen-bond donors (Lipinski definition) is 1. The Hall–Kier alpha value is -2.46. The first kappa shape index (κ1) is 14.9. The van der Waals surface area contributed by atoms with Gasteiger partial charge in [-0.3, -0.25) is 4.72 Å². The van der Waals surface area contributed by atoms with Crippen LogP contribution in [-0.4, -0.2) is 8.42 Å². The van der Waals surface area contributed by atoms with E-state index < -0.39 is 21.7 Å². The van der Waals surface area contributed by atoms with Crippen LogP contribution in [0.3, 0.4) is 0 Å². The Morgan fingerprint density at radius 2 is 1.81 bits per heavy atom. The van der Waals surface area contributed by atoms with Crippen LogP contribution in [0.15, 0.2) is 41.3 Å². The van der Waals surface area contributed by atoms with Crippen LogP contribution in [0, 0.1) is 29.9 Å². The topological polar surface area (TPSA) is 70.0 Å². The molecule has 1 N–H and O–H groups in total. The van der Waals surface area contributed by atoms with Gasteiger partial charge in [0, 0.05) is 6.07 Å². The van der Waals surface area contributed by atoms with Crippen molar-refractivity contribution in [1.29, 1.82) is 5.26 Å². The molecule has 4 nitrogen and oxygen atoms in total. The molecule has 7 heteroatoms. The molecule has 0 spiro atoms. The van der Waals surface area contributed by atoms with E-state index in [0.717, 1.165) is 18.2 Å². The van der Waals surface area contributed by atoms with E-state index in [1.165, 1.54) is 18.2 Å². The van der Waals surface area contributed by atoms with Gasteiger partial charge >= 0.3 is 0 Å².